The maximum absolute atomic E-state index is 9.30. The molecule has 0 aliphatic carbocycles. The molecule has 0 saturated carbocycles. The van der Waals surface area contributed by atoms with Gasteiger partial charge in [-0.2, -0.15) is 5.26 Å². The molecule has 1 fully saturated rings. The number of para-hydroxylation sites is 3. The molecular formula is C20H21N5. The Kier molecular flexibility index (Phi) is 4.12. The van der Waals surface area contributed by atoms with Crippen molar-refractivity contribution in [1.82, 2.24) is 14.5 Å². The van der Waals surface area contributed by atoms with Crippen molar-refractivity contribution < 1.29 is 0 Å². The van der Waals surface area contributed by atoms with Crippen LogP contribution in [0.2, 0.25) is 0 Å². The lowest BCUT2D eigenvalue weighted by Gasteiger charge is -2.36. The average Bonchev–Trinajstić information content (AvgIpc) is 2.98. The summed E-state index contributed by atoms with van der Waals surface area (Å²) in [7, 11) is 2.09. The quantitative estimate of drug-likeness (QED) is 0.740. The number of nitriles is 1. The lowest BCUT2D eigenvalue weighted by Crippen LogP contribution is -2.46. The molecule has 4 rings (SSSR count). The second-order valence-corrected chi connectivity index (χ2v) is 6.47. The van der Waals surface area contributed by atoms with Crippen LogP contribution in [-0.2, 0) is 13.6 Å². The Balaban J connectivity index is 1.45. The predicted octanol–water partition coefficient (Wildman–Crippen LogP) is 2.77. The summed E-state index contributed by atoms with van der Waals surface area (Å²) in [6.07, 6.45) is 0. The van der Waals surface area contributed by atoms with Crippen molar-refractivity contribution in [2.75, 3.05) is 31.1 Å². The summed E-state index contributed by atoms with van der Waals surface area (Å²) in [5.41, 5.74) is 4.04. The molecule has 0 radical (unpaired) electrons. The van der Waals surface area contributed by atoms with Crippen LogP contribution in [0.1, 0.15) is 11.4 Å². The minimum absolute atomic E-state index is 0.756. The zero-order chi connectivity index (χ0) is 17.2. The molecule has 1 saturated heterocycles. The third kappa shape index (κ3) is 2.97. The van der Waals surface area contributed by atoms with Crippen LogP contribution in [0.15, 0.2) is 48.5 Å². The fourth-order valence-corrected chi connectivity index (χ4v) is 3.53. The van der Waals surface area contributed by atoms with E-state index in [1.54, 1.807) is 0 Å². The summed E-state index contributed by atoms with van der Waals surface area (Å²) >= 11 is 0. The molecule has 2 aromatic carbocycles. The van der Waals surface area contributed by atoms with Crippen LogP contribution < -0.4 is 4.90 Å². The van der Waals surface area contributed by atoms with Gasteiger partial charge < -0.3 is 9.47 Å². The molecule has 5 heteroatoms. The lowest BCUT2D eigenvalue weighted by atomic mass is 10.1. The van der Waals surface area contributed by atoms with E-state index in [4.69, 9.17) is 4.98 Å². The van der Waals surface area contributed by atoms with Crippen molar-refractivity contribution >= 4 is 16.7 Å². The van der Waals surface area contributed by atoms with Crippen LogP contribution in [0.25, 0.3) is 11.0 Å². The second kappa shape index (κ2) is 6.58. The number of imidazole rings is 1. The smallest absolute Gasteiger partial charge is 0.123 e. The van der Waals surface area contributed by atoms with Gasteiger partial charge in [-0.05, 0) is 24.3 Å². The highest BCUT2D eigenvalue weighted by Crippen LogP contribution is 2.22. The Morgan fingerprint density at radius 3 is 2.48 bits per heavy atom. The summed E-state index contributed by atoms with van der Waals surface area (Å²) in [5.74, 6) is 1.10. The highest BCUT2D eigenvalue weighted by molar-refractivity contribution is 5.75. The molecule has 1 aliphatic heterocycles. The Hall–Kier alpha value is -2.84. The van der Waals surface area contributed by atoms with Gasteiger partial charge in [0.15, 0.2) is 0 Å². The monoisotopic (exact) mass is 331 g/mol. The first kappa shape index (κ1) is 15.7. The molecule has 0 spiro atoms. The van der Waals surface area contributed by atoms with Crippen molar-refractivity contribution in [3.8, 4) is 6.07 Å². The molecule has 0 amide bonds. The van der Waals surface area contributed by atoms with E-state index < -0.39 is 0 Å². The molecule has 1 aromatic heterocycles. The number of aryl methyl sites for hydroxylation is 1. The number of fused-ring (bicyclic) bond motifs is 1. The van der Waals surface area contributed by atoms with Gasteiger partial charge in [-0.1, -0.05) is 24.3 Å². The highest BCUT2D eigenvalue weighted by atomic mass is 15.3. The number of benzene rings is 2. The minimum Gasteiger partial charge on any atom is -0.368 e. The fraction of sp³-hybridized carbons (Fsp3) is 0.300. The zero-order valence-corrected chi connectivity index (χ0v) is 14.4. The van der Waals surface area contributed by atoms with E-state index in [2.05, 4.69) is 45.7 Å². The molecule has 25 heavy (non-hydrogen) atoms. The minimum atomic E-state index is 0.756. The number of aromatic nitrogens is 2. The Morgan fingerprint density at radius 2 is 1.72 bits per heavy atom. The molecule has 5 nitrogen and oxygen atoms in total. The van der Waals surface area contributed by atoms with Crippen LogP contribution >= 0.6 is 0 Å². The molecule has 0 unspecified atom stereocenters. The molecule has 1 aliphatic rings. The standard InChI is InChI=1S/C20H21N5/c1-23-19-9-5-3-7-17(19)22-20(23)15-24-10-12-25(13-11-24)18-8-4-2-6-16(18)14-21/h2-9H,10-13,15H2,1H3. The molecule has 0 N–H and O–H groups in total. The maximum atomic E-state index is 9.30. The van der Waals surface area contributed by atoms with Crippen LogP contribution in [0.4, 0.5) is 5.69 Å². The van der Waals surface area contributed by atoms with Crippen molar-refractivity contribution in [1.29, 1.82) is 5.26 Å². The molecular weight excluding hydrogens is 310 g/mol. The number of hydrogen-bond acceptors (Lipinski definition) is 4. The lowest BCUT2D eigenvalue weighted by molar-refractivity contribution is 0.242. The Morgan fingerprint density at radius 1 is 1.00 bits per heavy atom. The maximum Gasteiger partial charge on any atom is 0.123 e. The molecule has 2 heterocycles. The summed E-state index contributed by atoms with van der Waals surface area (Å²) in [6.45, 7) is 4.68. The second-order valence-electron chi connectivity index (χ2n) is 6.47. The van der Waals surface area contributed by atoms with Gasteiger partial charge in [0.1, 0.15) is 11.9 Å². The summed E-state index contributed by atoms with van der Waals surface area (Å²) in [4.78, 5) is 9.52. The van der Waals surface area contributed by atoms with Crippen molar-refractivity contribution in [3.05, 3.63) is 59.9 Å². The van der Waals surface area contributed by atoms with Gasteiger partial charge in [0.25, 0.3) is 0 Å². The third-order valence-electron chi connectivity index (χ3n) is 4.98. The van der Waals surface area contributed by atoms with Crippen LogP contribution in [0, 0.1) is 11.3 Å². The van der Waals surface area contributed by atoms with Crippen molar-refractivity contribution in [3.63, 3.8) is 0 Å². The third-order valence-corrected chi connectivity index (χ3v) is 4.98. The van der Waals surface area contributed by atoms with E-state index in [0.29, 0.717) is 0 Å². The van der Waals surface area contributed by atoms with Gasteiger partial charge >= 0.3 is 0 Å². The number of piperazine rings is 1. The molecule has 0 bridgehead atoms. The number of rotatable bonds is 3. The van der Waals surface area contributed by atoms with Gasteiger partial charge in [0, 0.05) is 33.2 Å². The van der Waals surface area contributed by atoms with Crippen LogP contribution in [0.5, 0.6) is 0 Å². The summed E-state index contributed by atoms with van der Waals surface area (Å²) in [5, 5.41) is 9.30. The zero-order valence-electron chi connectivity index (χ0n) is 14.4. The molecule has 0 atom stereocenters. The largest absolute Gasteiger partial charge is 0.368 e. The van der Waals surface area contributed by atoms with E-state index in [-0.39, 0.29) is 0 Å². The van der Waals surface area contributed by atoms with Gasteiger partial charge in [-0.25, -0.2) is 4.98 Å². The van der Waals surface area contributed by atoms with Gasteiger partial charge in [0.05, 0.1) is 28.8 Å². The normalized spacial score (nSPS) is 15.4. The summed E-state index contributed by atoms with van der Waals surface area (Å²) < 4.78 is 2.19. The first-order chi connectivity index (χ1) is 12.3. The first-order valence-corrected chi connectivity index (χ1v) is 8.63. The number of hydrogen-bond donors (Lipinski definition) is 0. The predicted molar refractivity (Wildman–Crippen MR) is 99.4 cm³/mol. The molecule has 126 valence electrons. The number of nitrogens with zero attached hydrogens (tertiary/aromatic N) is 5. The summed E-state index contributed by atoms with van der Waals surface area (Å²) in [6, 6.07) is 18.4. The topological polar surface area (TPSA) is 48.1 Å². The Labute approximate surface area is 147 Å². The van der Waals surface area contributed by atoms with E-state index in [1.807, 2.05) is 30.3 Å². The first-order valence-electron chi connectivity index (χ1n) is 8.63. The van der Waals surface area contributed by atoms with Crippen LogP contribution in [0.3, 0.4) is 0 Å². The van der Waals surface area contributed by atoms with E-state index in [1.165, 1.54) is 5.52 Å². The molecule has 3 aromatic rings. The van der Waals surface area contributed by atoms with Gasteiger partial charge in [-0.3, -0.25) is 4.90 Å². The fourth-order valence-electron chi connectivity index (χ4n) is 3.53. The highest BCUT2D eigenvalue weighted by Gasteiger charge is 2.20. The van der Waals surface area contributed by atoms with Crippen LogP contribution in [-0.4, -0.2) is 40.6 Å². The van der Waals surface area contributed by atoms with E-state index >= 15 is 0 Å². The van der Waals surface area contributed by atoms with Crippen molar-refractivity contribution in [2.45, 2.75) is 6.54 Å². The average molecular weight is 331 g/mol. The van der Waals surface area contributed by atoms with E-state index in [0.717, 1.165) is 55.3 Å². The SMILES string of the molecule is Cn1c(CN2CCN(c3ccccc3C#N)CC2)nc2ccccc21. The van der Waals surface area contributed by atoms with Crippen molar-refractivity contribution in [2.24, 2.45) is 7.05 Å². The van der Waals surface area contributed by atoms with Gasteiger partial charge in [0.2, 0.25) is 0 Å². The number of anilines is 1. The van der Waals surface area contributed by atoms with E-state index in [9.17, 15) is 5.26 Å². The Bertz CT molecular complexity index is 929. The van der Waals surface area contributed by atoms with Gasteiger partial charge in [-0.15, -0.1) is 0 Å².